The highest BCUT2D eigenvalue weighted by atomic mass is 16.7. The molecule has 2 aromatic rings. The summed E-state index contributed by atoms with van der Waals surface area (Å²) in [6.45, 7) is 12.3. The van der Waals surface area contributed by atoms with Gasteiger partial charge in [-0.25, -0.2) is 0 Å². The van der Waals surface area contributed by atoms with E-state index < -0.39 is 5.60 Å². The molecule has 1 fully saturated rings. The van der Waals surface area contributed by atoms with Crippen LogP contribution in [0.3, 0.4) is 0 Å². The Labute approximate surface area is 216 Å². The number of aliphatic hydroxyl groups is 1. The normalized spacial score (nSPS) is 24.0. The third-order valence-corrected chi connectivity index (χ3v) is 7.67. The topological polar surface area (TPSA) is 63.2 Å². The summed E-state index contributed by atoms with van der Waals surface area (Å²) in [4.78, 5) is 2.43. The number of methoxy groups -OCH3 is 1. The first-order chi connectivity index (χ1) is 17.3. The molecule has 2 heterocycles. The van der Waals surface area contributed by atoms with Crippen molar-refractivity contribution >= 4 is 0 Å². The summed E-state index contributed by atoms with van der Waals surface area (Å²) in [7, 11) is 1.64. The minimum Gasteiger partial charge on any atom is -0.487 e. The molecule has 2 aliphatic heterocycles. The monoisotopic (exact) mass is 496 g/mol. The molecule has 198 valence electrons. The average Bonchev–Trinajstić information content (AvgIpc) is 2.84. The van der Waals surface area contributed by atoms with Gasteiger partial charge in [0.2, 0.25) is 0 Å². The molecule has 2 aromatic carbocycles. The first-order valence-corrected chi connectivity index (χ1v) is 13.5. The van der Waals surface area contributed by atoms with Crippen molar-refractivity contribution in [3.8, 4) is 11.5 Å². The SMILES string of the molecule is CCN(CC)Cc1ccc(C2CC3(CCNC(CC(C)(C)O)C3)Oc3cccc(OCOC)c32)cc1. The van der Waals surface area contributed by atoms with E-state index in [2.05, 4.69) is 54.4 Å². The summed E-state index contributed by atoms with van der Waals surface area (Å²) in [5.41, 5.74) is 2.73. The van der Waals surface area contributed by atoms with E-state index in [0.717, 1.165) is 62.5 Å². The second kappa shape index (κ2) is 11.5. The van der Waals surface area contributed by atoms with Crippen LogP contribution in [-0.2, 0) is 11.3 Å². The van der Waals surface area contributed by atoms with E-state index in [1.165, 1.54) is 11.1 Å². The van der Waals surface area contributed by atoms with E-state index in [1.807, 2.05) is 26.0 Å². The Morgan fingerprint density at radius 2 is 1.86 bits per heavy atom. The Kier molecular flexibility index (Phi) is 8.61. The van der Waals surface area contributed by atoms with Crippen molar-refractivity contribution in [3.05, 3.63) is 59.2 Å². The predicted molar refractivity (Wildman–Crippen MR) is 144 cm³/mol. The highest BCUT2D eigenvalue weighted by molar-refractivity contribution is 5.53. The Bertz CT molecular complexity index is 983. The summed E-state index contributed by atoms with van der Waals surface area (Å²) in [6.07, 6.45) is 3.39. The van der Waals surface area contributed by atoms with Crippen LogP contribution in [0.2, 0.25) is 0 Å². The number of nitrogens with one attached hydrogen (secondary N) is 1. The van der Waals surface area contributed by atoms with E-state index in [-0.39, 0.29) is 24.4 Å². The lowest BCUT2D eigenvalue weighted by Gasteiger charge is -2.48. The molecule has 36 heavy (non-hydrogen) atoms. The number of nitrogens with zero attached hydrogens (tertiary/aromatic N) is 1. The second-order valence-corrected chi connectivity index (χ2v) is 11.1. The van der Waals surface area contributed by atoms with Crippen molar-refractivity contribution in [1.29, 1.82) is 0 Å². The molecule has 0 amide bonds. The molecule has 3 unspecified atom stereocenters. The fourth-order valence-corrected chi connectivity index (χ4v) is 5.95. The third kappa shape index (κ3) is 6.41. The summed E-state index contributed by atoms with van der Waals surface area (Å²) < 4.78 is 18.1. The fourth-order valence-electron chi connectivity index (χ4n) is 5.95. The molecule has 0 radical (unpaired) electrons. The van der Waals surface area contributed by atoms with Crippen LogP contribution < -0.4 is 14.8 Å². The molecule has 0 aliphatic carbocycles. The molecule has 4 rings (SSSR count). The fraction of sp³-hybridized carbons (Fsp3) is 0.600. The molecule has 0 bridgehead atoms. The summed E-state index contributed by atoms with van der Waals surface area (Å²) in [5, 5.41) is 14.1. The first-order valence-electron chi connectivity index (χ1n) is 13.5. The molecule has 6 heteroatoms. The maximum absolute atomic E-state index is 10.5. The maximum atomic E-state index is 10.5. The number of hydrogen-bond donors (Lipinski definition) is 2. The number of hydrogen-bond acceptors (Lipinski definition) is 6. The van der Waals surface area contributed by atoms with Gasteiger partial charge in [-0.1, -0.05) is 44.2 Å². The second-order valence-electron chi connectivity index (χ2n) is 11.1. The number of fused-ring (bicyclic) bond motifs is 1. The molecule has 0 saturated carbocycles. The van der Waals surface area contributed by atoms with Gasteiger partial charge in [0, 0.05) is 37.6 Å². The molecule has 1 saturated heterocycles. The van der Waals surface area contributed by atoms with Crippen LogP contribution in [0, 0.1) is 0 Å². The van der Waals surface area contributed by atoms with Crippen LogP contribution in [0.15, 0.2) is 42.5 Å². The van der Waals surface area contributed by atoms with Crippen molar-refractivity contribution in [2.24, 2.45) is 0 Å². The molecule has 2 N–H and O–H groups in total. The summed E-state index contributed by atoms with van der Waals surface area (Å²) in [5.74, 6) is 1.88. The minimum absolute atomic E-state index is 0.158. The van der Waals surface area contributed by atoms with Gasteiger partial charge in [-0.3, -0.25) is 4.90 Å². The lowest BCUT2D eigenvalue weighted by molar-refractivity contribution is -0.0206. The van der Waals surface area contributed by atoms with E-state index in [9.17, 15) is 5.11 Å². The summed E-state index contributed by atoms with van der Waals surface area (Å²) in [6, 6.07) is 15.4. The lowest BCUT2D eigenvalue weighted by atomic mass is 9.72. The van der Waals surface area contributed by atoms with Gasteiger partial charge in [0.1, 0.15) is 17.1 Å². The van der Waals surface area contributed by atoms with E-state index in [4.69, 9.17) is 14.2 Å². The van der Waals surface area contributed by atoms with Crippen molar-refractivity contribution in [3.63, 3.8) is 0 Å². The van der Waals surface area contributed by atoms with Gasteiger partial charge in [0.25, 0.3) is 0 Å². The largest absolute Gasteiger partial charge is 0.487 e. The Hall–Kier alpha value is -2.12. The average molecular weight is 497 g/mol. The van der Waals surface area contributed by atoms with E-state index in [0.29, 0.717) is 6.42 Å². The molecule has 2 aliphatic rings. The van der Waals surface area contributed by atoms with E-state index in [1.54, 1.807) is 7.11 Å². The highest BCUT2D eigenvalue weighted by Gasteiger charge is 2.46. The maximum Gasteiger partial charge on any atom is 0.188 e. The molecule has 1 spiro atoms. The van der Waals surface area contributed by atoms with Gasteiger partial charge in [-0.05, 0) is 76.0 Å². The van der Waals surface area contributed by atoms with Crippen LogP contribution in [-0.4, -0.2) is 60.8 Å². The standard InChI is InChI=1S/C30H44N2O4/c1-6-32(7-2)20-22-11-13-23(14-12-22)25-19-30(15-16-31-24(18-30)17-29(3,4)33)36-27-10-8-9-26(28(25)27)35-21-34-5/h8-14,24-25,31,33H,6-7,15-21H2,1-5H3. The van der Waals surface area contributed by atoms with Gasteiger partial charge < -0.3 is 24.6 Å². The van der Waals surface area contributed by atoms with Crippen LogP contribution in [0.4, 0.5) is 0 Å². The Balaban J connectivity index is 1.68. The number of benzene rings is 2. The van der Waals surface area contributed by atoms with E-state index >= 15 is 0 Å². The van der Waals surface area contributed by atoms with Gasteiger partial charge in [0.05, 0.1) is 5.60 Å². The Morgan fingerprint density at radius 3 is 2.53 bits per heavy atom. The molecular weight excluding hydrogens is 452 g/mol. The number of piperidine rings is 1. The van der Waals surface area contributed by atoms with Crippen molar-refractivity contribution in [1.82, 2.24) is 10.2 Å². The van der Waals surface area contributed by atoms with Crippen molar-refractivity contribution < 1.29 is 19.3 Å². The zero-order valence-electron chi connectivity index (χ0n) is 22.7. The zero-order chi connectivity index (χ0) is 25.8. The molecule has 0 aromatic heterocycles. The van der Waals surface area contributed by atoms with Crippen LogP contribution in [0.25, 0.3) is 0 Å². The lowest BCUT2D eigenvalue weighted by Crippen LogP contribution is -2.54. The zero-order valence-corrected chi connectivity index (χ0v) is 22.7. The summed E-state index contributed by atoms with van der Waals surface area (Å²) >= 11 is 0. The minimum atomic E-state index is -0.718. The number of rotatable bonds is 10. The first kappa shape index (κ1) is 26.9. The Morgan fingerprint density at radius 1 is 1.11 bits per heavy atom. The number of ether oxygens (including phenoxy) is 3. The van der Waals surface area contributed by atoms with Gasteiger partial charge in [0.15, 0.2) is 6.79 Å². The third-order valence-electron chi connectivity index (χ3n) is 7.67. The highest BCUT2D eigenvalue weighted by Crippen LogP contribution is 2.51. The predicted octanol–water partition coefficient (Wildman–Crippen LogP) is 5.08. The molecule has 6 nitrogen and oxygen atoms in total. The quantitative estimate of drug-likeness (QED) is 0.448. The van der Waals surface area contributed by atoms with Gasteiger partial charge >= 0.3 is 0 Å². The smallest absolute Gasteiger partial charge is 0.188 e. The van der Waals surface area contributed by atoms with Crippen LogP contribution in [0.1, 0.15) is 76.0 Å². The van der Waals surface area contributed by atoms with Gasteiger partial charge in [-0.15, -0.1) is 0 Å². The van der Waals surface area contributed by atoms with Crippen molar-refractivity contribution in [2.75, 3.05) is 33.5 Å². The van der Waals surface area contributed by atoms with Crippen LogP contribution in [0.5, 0.6) is 11.5 Å². The van der Waals surface area contributed by atoms with Crippen molar-refractivity contribution in [2.45, 2.75) is 83.1 Å². The molecular formula is C30H44N2O4. The van der Waals surface area contributed by atoms with Crippen LogP contribution >= 0.6 is 0 Å². The molecule has 3 atom stereocenters. The van der Waals surface area contributed by atoms with Gasteiger partial charge in [-0.2, -0.15) is 0 Å².